The molecule has 0 aromatic rings. The summed E-state index contributed by atoms with van der Waals surface area (Å²) in [6.07, 6.45) is 0. The SMILES string of the molecule is NC(=S)NNS. The Hall–Kier alpha value is -0.0000000000000000555. The van der Waals surface area contributed by atoms with Crippen molar-refractivity contribution in [3.8, 4) is 0 Å². The number of hydrazine groups is 1. The van der Waals surface area contributed by atoms with Gasteiger partial charge >= 0.3 is 0 Å². The molecule has 0 aliphatic heterocycles. The molecule has 0 unspecified atom stereocenters. The van der Waals surface area contributed by atoms with Crippen LogP contribution in [-0.2, 0) is 0 Å². The van der Waals surface area contributed by atoms with Crippen LogP contribution < -0.4 is 16.0 Å². The van der Waals surface area contributed by atoms with Crippen LogP contribution in [0.15, 0.2) is 0 Å². The molecule has 0 aromatic heterocycles. The number of hydrogen-bond donors (Lipinski definition) is 4. The maximum absolute atomic E-state index is 4.91. The summed E-state index contributed by atoms with van der Waals surface area (Å²) in [5, 5.41) is 0.185. The number of rotatable bonds is 1. The fourth-order valence-corrected chi connectivity index (χ4v) is 0.302. The average molecular weight is 123 g/mol. The molecule has 0 radical (unpaired) electrons. The van der Waals surface area contributed by atoms with Crippen molar-refractivity contribution >= 4 is 30.1 Å². The first-order valence-corrected chi connectivity index (χ1v) is 2.07. The van der Waals surface area contributed by atoms with Gasteiger partial charge in [-0.25, -0.2) is 0 Å². The molecule has 0 saturated carbocycles. The molecule has 0 amide bonds. The van der Waals surface area contributed by atoms with Gasteiger partial charge in [-0.2, -0.15) is 4.83 Å². The quantitative estimate of drug-likeness (QED) is 0.209. The second-order valence-electron chi connectivity index (χ2n) is 0.601. The van der Waals surface area contributed by atoms with E-state index in [1.165, 1.54) is 0 Å². The Morgan fingerprint density at radius 2 is 2.33 bits per heavy atom. The van der Waals surface area contributed by atoms with Crippen molar-refractivity contribution in [2.45, 2.75) is 0 Å². The number of nitrogens with one attached hydrogen (secondary N) is 2. The topological polar surface area (TPSA) is 50.1 Å². The Morgan fingerprint density at radius 3 is 2.33 bits per heavy atom. The van der Waals surface area contributed by atoms with Crippen molar-refractivity contribution in [1.82, 2.24) is 10.3 Å². The molecule has 0 aliphatic carbocycles. The van der Waals surface area contributed by atoms with Crippen LogP contribution >= 0.6 is 25.0 Å². The minimum absolute atomic E-state index is 0.185. The molecule has 0 aliphatic rings. The third-order valence-electron chi connectivity index (χ3n) is 0.179. The van der Waals surface area contributed by atoms with E-state index >= 15 is 0 Å². The second kappa shape index (κ2) is 3.20. The fraction of sp³-hybridized carbons (Fsp3) is 0. The first-order valence-electron chi connectivity index (χ1n) is 1.22. The molecule has 6 heavy (non-hydrogen) atoms. The molecule has 0 saturated heterocycles. The molecule has 5 heteroatoms. The predicted octanol–water partition coefficient (Wildman–Crippen LogP) is -0.831. The van der Waals surface area contributed by atoms with Gasteiger partial charge in [-0.15, -0.1) is 0 Å². The van der Waals surface area contributed by atoms with E-state index in [0.29, 0.717) is 0 Å². The largest absolute Gasteiger partial charge is 0.375 e. The molecule has 3 nitrogen and oxygen atoms in total. The molecule has 0 fully saturated rings. The highest BCUT2D eigenvalue weighted by Gasteiger charge is 1.73. The van der Waals surface area contributed by atoms with Gasteiger partial charge in [0.25, 0.3) is 0 Å². The van der Waals surface area contributed by atoms with E-state index in [4.69, 9.17) is 5.73 Å². The first-order chi connectivity index (χ1) is 2.77. The maximum atomic E-state index is 4.91. The van der Waals surface area contributed by atoms with E-state index < -0.39 is 0 Å². The predicted molar refractivity (Wildman–Crippen MR) is 32.0 cm³/mol. The monoisotopic (exact) mass is 123 g/mol. The normalized spacial score (nSPS) is 7.50. The van der Waals surface area contributed by atoms with E-state index in [1.807, 2.05) is 0 Å². The molecule has 0 bridgehead atoms. The third-order valence-corrected chi connectivity index (χ3v) is 0.393. The van der Waals surface area contributed by atoms with Crippen LogP contribution in [0.25, 0.3) is 0 Å². The van der Waals surface area contributed by atoms with Crippen LogP contribution in [0.2, 0.25) is 0 Å². The van der Waals surface area contributed by atoms with Gasteiger partial charge in [-0.05, 0) is 12.2 Å². The Kier molecular flexibility index (Phi) is 3.20. The van der Waals surface area contributed by atoms with Crippen LogP contribution in [-0.4, -0.2) is 5.11 Å². The van der Waals surface area contributed by atoms with Gasteiger partial charge < -0.3 is 5.73 Å². The van der Waals surface area contributed by atoms with Gasteiger partial charge in [0, 0.05) is 0 Å². The van der Waals surface area contributed by atoms with Gasteiger partial charge in [0.15, 0.2) is 5.11 Å². The Balaban J connectivity index is 2.83. The summed E-state index contributed by atoms with van der Waals surface area (Å²) in [5.41, 5.74) is 7.24. The van der Waals surface area contributed by atoms with Crippen LogP contribution in [0.5, 0.6) is 0 Å². The average Bonchev–Trinajstić information content (AvgIpc) is 1.35. The van der Waals surface area contributed by atoms with Crippen LogP contribution in [0.1, 0.15) is 0 Å². The smallest absolute Gasteiger partial charge is 0.178 e. The molecule has 4 N–H and O–H groups in total. The van der Waals surface area contributed by atoms with Crippen LogP contribution in [0.4, 0.5) is 0 Å². The van der Waals surface area contributed by atoms with Crippen molar-refractivity contribution in [2.24, 2.45) is 5.73 Å². The zero-order valence-corrected chi connectivity index (χ0v) is 4.64. The summed E-state index contributed by atoms with van der Waals surface area (Å²) < 4.78 is 0. The highest BCUT2D eigenvalue weighted by molar-refractivity contribution is 7.80. The second-order valence-corrected chi connectivity index (χ2v) is 1.26. The zero-order chi connectivity index (χ0) is 4.99. The van der Waals surface area contributed by atoms with Crippen molar-refractivity contribution in [3.05, 3.63) is 0 Å². The van der Waals surface area contributed by atoms with Crippen LogP contribution in [0.3, 0.4) is 0 Å². The maximum Gasteiger partial charge on any atom is 0.178 e. The van der Waals surface area contributed by atoms with Crippen LogP contribution in [0, 0.1) is 0 Å². The number of hydrogen-bond acceptors (Lipinski definition) is 3. The molecule has 0 atom stereocenters. The van der Waals surface area contributed by atoms with Gasteiger partial charge in [0.2, 0.25) is 0 Å². The summed E-state index contributed by atoms with van der Waals surface area (Å²) in [7, 11) is 0. The Labute approximate surface area is 46.8 Å². The highest BCUT2D eigenvalue weighted by atomic mass is 32.1. The number of thiocarbonyl (C=S) groups is 1. The molecule has 0 rings (SSSR count). The molecular weight excluding hydrogens is 118 g/mol. The van der Waals surface area contributed by atoms with E-state index in [-0.39, 0.29) is 5.11 Å². The van der Waals surface area contributed by atoms with Crippen molar-refractivity contribution in [2.75, 3.05) is 0 Å². The summed E-state index contributed by atoms with van der Waals surface area (Å²) >= 11 is 7.88. The van der Waals surface area contributed by atoms with E-state index in [9.17, 15) is 0 Å². The van der Waals surface area contributed by atoms with E-state index in [2.05, 4.69) is 35.3 Å². The molecule has 0 heterocycles. The Bertz CT molecular complexity index is 52.8. The van der Waals surface area contributed by atoms with Crippen molar-refractivity contribution in [1.29, 1.82) is 0 Å². The Morgan fingerprint density at radius 1 is 1.83 bits per heavy atom. The third kappa shape index (κ3) is 4.00. The first kappa shape index (κ1) is 6.00. The summed E-state index contributed by atoms with van der Waals surface area (Å²) in [6.45, 7) is 0. The molecule has 0 spiro atoms. The van der Waals surface area contributed by atoms with Crippen molar-refractivity contribution < 1.29 is 0 Å². The summed E-state index contributed by atoms with van der Waals surface area (Å²) in [5.74, 6) is 0. The highest BCUT2D eigenvalue weighted by Crippen LogP contribution is 1.51. The fourth-order valence-electron chi connectivity index (χ4n) is 0.0551. The number of nitrogens with two attached hydrogens (primary N) is 1. The minimum atomic E-state index is 0.185. The lowest BCUT2D eigenvalue weighted by Gasteiger charge is -1.94. The van der Waals surface area contributed by atoms with E-state index in [1.54, 1.807) is 0 Å². The molecule has 0 aromatic carbocycles. The lowest BCUT2D eigenvalue weighted by atomic mass is 11.2. The van der Waals surface area contributed by atoms with Gasteiger partial charge in [0.1, 0.15) is 0 Å². The van der Waals surface area contributed by atoms with Gasteiger partial charge in [-0.1, -0.05) is 12.8 Å². The van der Waals surface area contributed by atoms with Gasteiger partial charge in [-0.3, -0.25) is 5.43 Å². The molecule has 36 valence electrons. The summed E-state index contributed by atoms with van der Waals surface area (Å²) in [4.78, 5) is 2.25. The summed E-state index contributed by atoms with van der Waals surface area (Å²) in [6, 6.07) is 0. The molecular formula is CH5N3S2. The minimum Gasteiger partial charge on any atom is -0.375 e. The number of thiol groups is 1. The van der Waals surface area contributed by atoms with E-state index in [0.717, 1.165) is 0 Å². The van der Waals surface area contributed by atoms with Gasteiger partial charge in [0.05, 0.1) is 0 Å². The lowest BCUT2D eigenvalue weighted by Crippen LogP contribution is -2.35. The standard InChI is InChI=1S/CH5N3S2/c2-1(5)3-4-6/h4,6H,(H3,2,3,5). The zero-order valence-electron chi connectivity index (χ0n) is 2.93. The lowest BCUT2D eigenvalue weighted by molar-refractivity contribution is 0.941. The van der Waals surface area contributed by atoms with Crippen molar-refractivity contribution in [3.63, 3.8) is 0 Å².